The molecule has 2 unspecified atom stereocenters. The van der Waals surface area contributed by atoms with Gasteiger partial charge in [-0.3, -0.25) is 10.7 Å². The van der Waals surface area contributed by atoms with Gasteiger partial charge in [-0.05, 0) is 57.1 Å². The molecule has 2 aromatic rings. The third-order valence-corrected chi connectivity index (χ3v) is 6.53. The van der Waals surface area contributed by atoms with Crippen LogP contribution in [0.25, 0.3) is 5.57 Å². The minimum absolute atomic E-state index is 0.0834. The van der Waals surface area contributed by atoms with Crippen molar-refractivity contribution in [3.63, 3.8) is 0 Å². The van der Waals surface area contributed by atoms with Crippen molar-refractivity contribution in [2.75, 3.05) is 26.2 Å². The summed E-state index contributed by atoms with van der Waals surface area (Å²) in [4.78, 5) is 6.51. The fourth-order valence-electron chi connectivity index (χ4n) is 3.99. The van der Waals surface area contributed by atoms with Gasteiger partial charge in [-0.25, -0.2) is 4.39 Å². The standard InChI is InChI=1S/C24H27Cl2FN4O2/c1-16(22-19(25)6-7-20(27)23(22)26)33-21-13-18(17-5-4-8-29-14-17)15-30-24(21,28)32-12-11-31-9-2-3-10-31/h4-8,13-16,30H,2-3,9-12,28H2,1H3. The predicted molar refractivity (Wildman–Crippen MR) is 128 cm³/mol. The Labute approximate surface area is 203 Å². The van der Waals surface area contributed by atoms with Crippen molar-refractivity contribution >= 4 is 28.8 Å². The molecular weight excluding hydrogens is 466 g/mol. The van der Waals surface area contributed by atoms with E-state index < -0.39 is 17.8 Å². The Hall–Kier alpha value is -2.16. The minimum Gasteiger partial charge on any atom is -0.484 e. The second-order valence-electron chi connectivity index (χ2n) is 8.14. The van der Waals surface area contributed by atoms with Gasteiger partial charge in [0.05, 0.1) is 11.6 Å². The van der Waals surface area contributed by atoms with Crippen molar-refractivity contribution in [1.29, 1.82) is 0 Å². The summed E-state index contributed by atoms with van der Waals surface area (Å²) >= 11 is 12.5. The van der Waals surface area contributed by atoms with Crippen molar-refractivity contribution in [3.8, 4) is 0 Å². The molecule has 0 saturated carbocycles. The largest absolute Gasteiger partial charge is 0.484 e. The number of nitrogens with two attached hydrogens (primary N) is 1. The van der Waals surface area contributed by atoms with Crippen LogP contribution in [-0.4, -0.2) is 42.0 Å². The number of aromatic nitrogens is 1. The first kappa shape index (κ1) is 24.0. The molecule has 3 heterocycles. The first-order chi connectivity index (χ1) is 15.9. The van der Waals surface area contributed by atoms with E-state index in [0.717, 1.165) is 30.8 Å². The lowest BCUT2D eigenvalue weighted by Gasteiger charge is -2.36. The predicted octanol–water partition coefficient (Wildman–Crippen LogP) is 4.86. The Morgan fingerprint density at radius 2 is 2.06 bits per heavy atom. The average molecular weight is 493 g/mol. The number of halogens is 3. The van der Waals surface area contributed by atoms with Gasteiger partial charge in [-0.15, -0.1) is 0 Å². The summed E-state index contributed by atoms with van der Waals surface area (Å²) in [6.07, 6.45) is 8.71. The lowest BCUT2D eigenvalue weighted by molar-refractivity contribution is -0.0819. The molecule has 1 fully saturated rings. The highest BCUT2D eigenvalue weighted by Gasteiger charge is 2.37. The molecule has 0 radical (unpaired) electrons. The maximum Gasteiger partial charge on any atom is 0.253 e. The molecule has 2 aliphatic rings. The summed E-state index contributed by atoms with van der Waals surface area (Å²) < 4.78 is 26.4. The zero-order valence-electron chi connectivity index (χ0n) is 18.4. The van der Waals surface area contributed by atoms with Crippen molar-refractivity contribution in [2.45, 2.75) is 31.7 Å². The fraction of sp³-hybridized carbons (Fsp3) is 0.375. The normalized spacial score (nSPS) is 21.8. The summed E-state index contributed by atoms with van der Waals surface area (Å²) in [5.41, 5.74) is 8.64. The van der Waals surface area contributed by atoms with E-state index in [1.54, 1.807) is 31.6 Å². The Balaban J connectivity index is 1.58. The van der Waals surface area contributed by atoms with Gasteiger partial charge in [-0.2, -0.15) is 0 Å². The average Bonchev–Trinajstić information content (AvgIpc) is 3.32. The quantitative estimate of drug-likeness (QED) is 0.405. The number of rotatable bonds is 8. The van der Waals surface area contributed by atoms with Crippen molar-refractivity contribution in [3.05, 3.63) is 81.7 Å². The molecule has 4 rings (SSSR count). The van der Waals surface area contributed by atoms with Crippen LogP contribution in [0.2, 0.25) is 10.0 Å². The number of nitrogens with one attached hydrogen (secondary N) is 1. The van der Waals surface area contributed by atoms with Gasteiger partial charge in [0.1, 0.15) is 11.9 Å². The smallest absolute Gasteiger partial charge is 0.253 e. The number of benzene rings is 1. The minimum atomic E-state index is -1.41. The molecule has 1 aromatic carbocycles. The molecule has 0 spiro atoms. The molecule has 9 heteroatoms. The van der Waals surface area contributed by atoms with Crippen LogP contribution in [0, 0.1) is 5.82 Å². The van der Waals surface area contributed by atoms with Crippen LogP contribution in [0.3, 0.4) is 0 Å². The Kier molecular flexibility index (Phi) is 7.56. The zero-order valence-corrected chi connectivity index (χ0v) is 19.9. The third kappa shape index (κ3) is 5.50. The molecule has 1 aromatic heterocycles. The number of dihydropyridines is 1. The molecule has 1 saturated heterocycles. The van der Waals surface area contributed by atoms with Crippen LogP contribution in [0.5, 0.6) is 0 Å². The highest BCUT2D eigenvalue weighted by atomic mass is 35.5. The van der Waals surface area contributed by atoms with Crippen LogP contribution in [0.1, 0.15) is 37.0 Å². The number of pyridine rings is 1. The van der Waals surface area contributed by atoms with Crippen LogP contribution in [0.15, 0.2) is 54.7 Å². The van der Waals surface area contributed by atoms with E-state index in [1.807, 2.05) is 12.1 Å². The van der Waals surface area contributed by atoms with Crippen molar-refractivity contribution < 1.29 is 13.9 Å². The SMILES string of the molecule is CC(OC1=CC(c2cccnc2)=CNC1(N)OCCN1CCCC1)c1c(Cl)ccc(F)c1Cl. The maximum atomic E-state index is 14.1. The molecule has 2 aliphatic heterocycles. The molecule has 0 aliphatic carbocycles. The summed E-state index contributed by atoms with van der Waals surface area (Å²) in [7, 11) is 0. The second kappa shape index (κ2) is 10.4. The van der Waals surface area contributed by atoms with Crippen LogP contribution in [0.4, 0.5) is 4.39 Å². The van der Waals surface area contributed by atoms with Gasteiger partial charge in [0.2, 0.25) is 0 Å². The number of ether oxygens (including phenoxy) is 2. The lowest BCUT2D eigenvalue weighted by atomic mass is 10.0. The van der Waals surface area contributed by atoms with Crippen LogP contribution < -0.4 is 11.1 Å². The van der Waals surface area contributed by atoms with Gasteiger partial charge < -0.3 is 19.7 Å². The highest BCUT2D eigenvalue weighted by Crippen LogP contribution is 2.37. The van der Waals surface area contributed by atoms with Crippen molar-refractivity contribution in [2.24, 2.45) is 5.73 Å². The lowest BCUT2D eigenvalue weighted by Crippen LogP contribution is -2.57. The van der Waals surface area contributed by atoms with E-state index in [0.29, 0.717) is 23.0 Å². The summed E-state index contributed by atoms with van der Waals surface area (Å²) in [5, 5.41) is 3.35. The molecule has 0 bridgehead atoms. The number of hydrogen-bond acceptors (Lipinski definition) is 6. The summed E-state index contributed by atoms with van der Waals surface area (Å²) in [6.45, 7) is 5.04. The van der Waals surface area contributed by atoms with Gasteiger partial charge in [0.15, 0.2) is 5.76 Å². The Morgan fingerprint density at radius 1 is 1.27 bits per heavy atom. The highest BCUT2D eigenvalue weighted by molar-refractivity contribution is 6.36. The Bertz CT molecular complexity index is 1040. The Morgan fingerprint density at radius 3 is 2.79 bits per heavy atom. The molecule has 33 heavy (non-hydrogen) atoms. The van der Waals surface area contributed by atoms with Crippen LogP contribution in [-0.2, 0) is 9.47 Å². The summed E-state index contributed by atoms with van der Waals surface area (Å²) in [5.74, 6) is -1.65. The van der Waals surface area contributed by atoms with E-state index in [2.05, 4.69) is 15.2 Å². The first-order valence-electron chi connectivity index (χ1n) is 10.9. The monoisotopic (exact) mass is 492 g/mol. The molecule has 0 amide bonds. The fourth-order valence-corrected chi connectivity index (χ4v) is 4.67. The van der Waals surface area contributed by atoms with E-state index in [4.69, 9.17) is 38.4 Å². The summed E-state index contributed by atoms with van der Waals surface area (Å²) in [6, 6.07) is 6.45. The number of hydrogen-bond donors (Lipinski definition) is 2. The third-order valence-electron chi connectivity index (χ3n) is 5.82. The molecule has 6 nitrogen and oxygen atoms in total. The number of nitrogens with zero attached hydrogens (tertiary/aromatic N) is 2. The van der Waals surface area contributed by atoms with Gasteiger partial charge in [0, 0.05) is 46.9 Å². The topological polar surface area (TPSA) is 72.6 Å². The molecular formula is C24H27Cl2FN4O2. The van der Waals surface area contributed by atoms with Gasteiger partial charge in [0.25, 0.3) is 5.85 Å². The second-order valence-corrected chi connectivity index (χ2v) is 8.93. The molecule has 176 valence electrons. The molecule has 2 atom stereocenters. The maximum absolute atomic E-state index is 14.1. The van der Waals surface area contributed by atoms with E-state index in [-0.39, 0.29) is 5.02 Å². The number of likely N-dealkylation sites (tertiary alicyclic amines) is 1. The van der Waals surface area contributed by atoms with E-state index in [1.165, 1.54) is 25.0 Å². The van der Waals surface area contributed by atoms with E-state index in [9.17, 15) is 4.39 Å². The van der Waals surface area contributed by atoms with E-state index >= 15 is 0 Å². The van der Waals surface area contributed by atoms with Crippen LogP contribution >= 0.6 is 23.2 Å². The van der Waals surface area contributed by atoms with Gasteiger partial charge >= 0.3 is 0 Å². The van der Waals surface area contributed by atoms with Crippen molar-refractivity contribution in [1.82, 2.24) is 15.2 Å². The first-order valence-corrected chi connectivity index (χ1v) is 11.7. The van der Waals surface area contributed by atoms with Gasteiger partial charge in [-0.1, -0.05) is 29.3 Å². The molecule has 3 N–H and O–H groups in total. The number of allylic oxidation sites excluding steroid dienone is 2. The zero-order chi connectivity index (χ0) is 23.4.